The number of rotatable bonds is 7. The molecule has 0 aliphatic heterocycles. The number of ether oxygens (including phenoxy) is 1. The van der Waals surface area contributed by atoms with Gasteiger partial charge >= 0.3 is 0 Å². The van der Waals surface area contributed by atoms with E-state index in [4.69, 9.17) is 16.3 Å². The third-order valence-corrected chi connectivity index (χ3v) is 6.08. The Hall–Kier alpha value is -2.77. The van der Waals surface area contributed by atoms with Crippen molar-refractivity contribution in [2.45, 2.75) is 31.4 Å². The molecule has 0 amide bonds. The largest absolute Gasteiger partial charge is 0.484 e. The van der Waals surface area contributed by atoms with E-state index in [0.717, 1.165) is 33.8 Å². The van der Waals surface area contributed by atoms with Crippen LogP contribution in [0.15, 0.2) is 59.8 Å². The molecule has 154 valence electrons. The number of benzene rings is 2. The molecule has 8 heteroatoms. The first-order valence-corrected chi connectivity index (χ1v) is 10.9. The fourth-order valence-corrected chi connectivity index (χ4v) is 4.15. The molecule has 0 radical (unpaired) electrons. The average Bonchev–Trinajstić information content (AvgIpc) is 3.27. The number of aromatic nitrogens is 5. The highest BCUT2D eigenvalue weighted by atomic mass is 35.5. The molecule has 6 nitrogen and oxygen atoms in total. The van der Waals surface area contributed by atoms with Gasteiger partial charge in [-0.15, -0.1) is 10.2 Å². The van der Waals surface area contributed by atoms with Crippen molar-refractivity contribution in [3.8, 4) is 11.4 Å². The summed E-state index contributed by atoms with van der Waals surface area (Å²) in [6.07, 6.45) is 0. The Bertz CT molecular complexity index is 1150. The summed E-state index contributed by atoms with van der Waals surface area (Å²) in [7, 11) is 1.94. The van der Waals surface area contributed by atoms with Gasteiger partial charge in [-0.3, -0.25) is 0 Å². The minimum atomic E-state index is 0.311. The second kappa shape index (κ2) is 8.93. The summed E-state index contributed by atoms with van der Waals surface area (Å²) in [5.74, 6) is 2.19. The zero-order valence-corrected chi connectivity index (χ0v) is 18.6. The van der Waals surface area contributed by atoms with Crippen molar-refractivity contribution in [2.75, 3.05) is 0 Å². The van der Waals surface area contributed by atoms with Crippen LogP contribution in [0.3, 0.4) is 0 Å². The number of nitrogens with zero attached hydrogens (tertiary/aromatic N) is 5. The maximum absolute atomic E-state index is 6.14. The summed E-state index contributed by atoms with van der Waals surface area (Å²) in [5.41, 5.74) is 4.41. The van der Waals surface area contributed by atoms with Crippen LogP contribution in [0.5, 0.6) is 5.75 Å². The summed E-state index contributed by atoms with van der Waals surface area (Å²) in [5, 5.41) is 14.5. The normalized spacial score (nSPS) is 11.1. The van der Waals surface area contributed by atoms with Crippen LogP contribution >= 0.6 is 23.4 Å². The second-order valence-corrected chi connectivity index (χ2v) is 8.32. The monoisotopic (exact) mass is 439 g/mol. The van der Waals surface area contributed by atoms with Gasteiger partial charge in [0.15, 0.2) is 11.0 Å². The van der Waals surface area contributed by atoms with Gasteiger partial charge in [0.2, 0.25) is 0 Å². The van der Waals surface area contributed by atoms with Crippen LogP contribution in [-0.2, 0) is 19.4 Å². The van der Waals surface area contributed by atoms with Crippen LogP contribution < -0.4 is 4.74 Å². The molecule has 0 fully saturated rings. The molecule has 0 atom stereocenters. The van der Waals surface area contributed by atoms with Gasteiger partial charge in [0.1, 0.15) is 12.4 Å². The minimum absolute atomic E-state index is 0.311. The van der Waals surface area contributed by atoms with Crippen molar-refractivity contribution >= 4 is 23.4 Å². The zero-order chi connectivity index (χ0) is 21.1. The quantitative estimate of drug-likeness (QED) is 0.373. The van der Waals surface area contributed by atoms with E-state index in [0.29, 0.717) is 17.4 Å². The van der Waals surface area contributed by atoms with Gasteiger partial charge in [0.25, 0.3) is 0 Å². The molecule has 0 N–H and O–H groups in total. The predicted molar refractivity (Wildman–Crippen MR) is 119 cm³/mol. The van der Waals surface area contributed by atoms with E-state index in [-0.39, 0.29) is 0 Å². The molecule has 2 aromatic heterocycles. The lowest BCUT2D eigenvalue weighted by Gasteiger charge is -2.08. The fourth-order valence-electron chi connectivity index (χ4n) is 3.07. The first kappa shape index (κ1) is 20.5. The number of halogens is 1. The topological polar surface area (TPSA) is 57.8 Å². The molecule has 30 heavy (non-hydrogen) atoms. The van der Waals surface area contributed by atoms with Crippen LogP contribution in [0.4, 0.5) is 0 Å². The SMILES string of the molecule is Cc1cc(C)n(-c2ccc(CSc3nnc(COc4ccccc4Cl)n3C)cc2)n1. The van der Waals surface area contributed by atoms with E-state index < -0.39 is 0 Å². The average molecular weight is 440 g/mol. The van der Waals surface area contributed by atoms with Gasteiger partial charge < -0.3 is 9.30 Å². The van der Waals surface area contributed by atoms with Crippen LogP contribution in [0.25, 0.3) is 5.69 Å². The molecule has 2 aromatic carbocycles. The Kier molecular flexibility index (Phi) is 6.11. The maximum atomic E-state index is 6.14. The van der Waals surface area contributed by atoms with E-state index >= 15 is 0 Å². The minimum Gasteiger partial charge on any atom is -0.484 e. The van der Waals surface area contributed by atoms with Crippen molar-refractivity contribution < 1.29 is 4.74 Å². The molecule has 2 heterocycles. The smallest absolute Gasteiger partial charge is 0.191 e. The van der Waals surface area contributed by atoms with Crippen molar-refractivity contribution in [1.82, 2.24) is 24.5 Å². The third kappa shape index (κ3) is 4.52. The molecule has 0 aliphatic rings. The molecule has 4 aromatic rings. The zero-order valence-electron chi connectivity index (χ0n) is 17.0. The Morgan fingerprint density at radius 3 is 2.50 bits per heavy atom. The first-order valence-electron chi connectivity index (χ1n) is 9.52. The van der Waals surface area contributed by atoms with E-state index in [1.54, 1.807) is 17.8 Å². The van der Waals surface area contributed by atoms with Gasteiger partial charge in [-0.25, -0.2) is 4.68 Å². The summed E-state index contributed by atoms with van der Waals surface area (Å²) < 4.78 is 9.68. The number of thioether (sulfide) groups is 1. The molecule has 0 bridgehead atoms. The van der Waals surface area contributed by atoms with Crippen LogP contribution in [0, 0.1) is 13.8 Å². The molecule has 0 spiro atoms. The summed E-state index contributed by atoms with van der Waals surface area (Å²) in [6, 6.07) is 17.9. The maximum Gasteiger partial charge on any atom is 0.191 e. The lowest BCUT2D eigenvalue weighted by atomic mass is 10.2. The lowest BCUT2D eigenvalue weighted by molar-refractivity contribution is 0.290. The molecule has 0 unspecified atom stereocenters. The highest BCUT2D eigenvalue weighted by molar-refractivity contribution is 7.98. The van der Waals surface area contributed by atoms with Crippen LogP contribution in [0.2, 0.25) is 5.02 Å². The second-order valence-electron chi connectivity index (χ2n) is 6.97. The van der Waals surface area contributed by atoms with Gasteiger partial charge in [-0.05, 0) is 49.7 Å². The predicted octanol–water partition coefficient (Wildman–Crippen LogP) is 5.14. The van der Waals surface area contributed by atoms with Crippen LogP contribution in [-0.4, -0.2) is 24.5 Å². The van der Waals surface area contributed by atoms with Gasteiger partial charge in [-0.1, -0.05) is 47.6 Å². The van der Waals surface area contributed by atoms with E-state index in [1.165, 1.54) is 5.56 Å². The highest BCUT2D eigenvalue weighted by Crippen LogP contribution is 2.25. The Morgan fingerprint density at radius 2 is 1.80 bits per heavy atom. The van der Waals surface area contributed by atoms with Gasteiger partial charge in [0.05, 0.1) is 16.4 Å². The first-order chi connectivity index (χ1) is 14.5. The number of hydrogen-bond acceptors (Lipinski definition) is 5. The highest BCUT2D eigenvalue weighted by Gasteiger charge is 2.11. The third-order valence-electron chi connectivity index (χ3n) is 4.68. The fraction of sp³-hybridized carbons (Fsp3) is 0.227. The molecule has 0 saturated carbocycles. The van der Waals surface area contributed by atoms with E-state index in [2.05, 4.69) is 52.6 Å². The summed E-state index contributed by atoms with van der Waals surface area (Å²) >= 11 is 7.78. The molecule has 4 rings (SSSR count). The summed E-state index contributed by atoms with van der Waals surface area (Å²) in [6.45, 7) is 4.37. The van der Waals surface area contributed by atoms with E-state index in [1.807, 2.05) is 41.4 Å². The standard InChI is InChI=1S/C22H22ClN5OS/c1-15-12-16(2)28(26-15)18-10-8-17(9-11-18)14-30-22-25-24-21(27(22)3)13-29-20-7-5-4-6-19(20)23/h4-12H,13-14H2,1-3H3. The summed E-state index contributed by atoms with van der Waals surface area (Å²) in [4.78, 5) is 0. The number of hydrogen-bond donors (Lipinski definition) is 0. The Labute approximate surface area is 184 Å². The van der Waals surface area contributed by atoms with Crippen molar-refractivity contribution in [2.24, 2.45) is 7.05 Å². The lowest BCUT2D eigenvalue weighted by Crippen LogP contribution is -2.04. The van der Waals surface area contributed by atoms with Crippen LogP contribution in [0.1, 0.15) is 22.8 Å². The number of aryl methyl sites for hydroxylation is 2. The van der Waals surface area contributed by atoms with Gasteiger partial charge in [0, 0.05) is 18.5 Å². The number of para-hydroxylation sites is 1. The Balaban J connectivity index is 1.37. The molecule has 0 aliphatic carbocycles. The van der Waals surface area contributed by atoms with E-state index in [9.17, 15) is 0 Å². The Morgan fingerprint density at radius 1 is 1.03 bits per heavy atom. The molecular formula is C22H22ClN5OS. The van der Waals surface area contributed by atoms with Crippen molar-refractivity contribution in [1.29, 1.82) is 0 Å². The van der Waals surface area contributed by atoms with Crippen molar-refractivity contribution in [3.63, 3.8) is 0 Å². The molecular weight excluding hydrogens is 418 g/mol. The van der Waals surface area contributed by atoms with Gasteiger partial charge in [-0.2, -0.15) is 5.10 Å². The van der Waals surface area contributed by atoms with Crippen molar-refractivity contribution in [3.05, 3.63) is 82.4 Å². The molecule has 0 saturated heterocycles.